The summed E-state index contributed by atoms with van der Waals surface area (Å²) in [6.45, 7) is 7.20. The number of benzene rings is 4. The molecule has 5 rings (SSSR count). The van der Waals surface area contributed by atoms with Crippen LogP contribution in [0.5, 0.6) is 0 Å². The molecular formula is C40H41Cl2N3O3Si. The van der Waals surface area contributed by atoms with E-state index in [1.165, 1.54) is 21.3 Å². The molecule has 0 fully saturated rings. The number of hydrogen-bond donors (Lipinski definition) is 1. The minimum absolute atomic E-state index is 0.0732. The second kappa shape index (κ2) is 15.4. The van der Waals surface area contributed by atoms with Crippen molar-refractivity contribution in [1.82, 2.24) is 14.8 Å². The van der Waals surface area contributed by atoms with Crippen LogP contribution in [0.25, 0.3) is 11.8 Å². The summed E-state index contributed by atoms with van der Waals surface area (Å²) in [5.74, 6) is -0.321. The van der Waals surface area contributed by atoms with Gasteiger partial charge in [-0.25, -0.2) is 0 Å². The highest BCUT2D eigenvalue weighted by atomic mass is 35.5. The topological polar surface area (TPSA) is 63.6 Å². The van der Waals surface area contributed by atoms with E-state index >= 15 is 0 Å². The average Bonchev–Trinajstić information content (AvgIpc) is 3.56. The van der Waals surface area contributed by atoms with Crippen LogP contribution in [0.15, 0.2) is 121 Å². The van der Waals surface area contributed by atoms with E-state index in [1.54, 1.807) is 32.3 Å². The van der Waals surface area contributed by atoms with E-state index in [0.29, 0.717) is 21.2 Å². The third-order valence-electron chi connectivity index (χ3n) is 8.54. The van der Waals surface area contributed by atoms with Gasteiger partial charge in [0, 0.05) is 48.2 Å². The van der Waals surface area contributed by atoms with Crippen molar-refractivity contribution in [1.29, 1.82) is 0 Å². The molecule has 0 bridgehead atoms. The SMILES string of the molecule is CN(C)C(=O)c1ccc(C=CC(=O)NCc2cccn2-c2ccc(Cl)c(CO[Si](c3ccccc3)(c3ccccc3)C(C)(C)C)c2Cl)cc1. The molecule has 0 radical (unpaired) electrons. The fourth-order valence-electron chi connectivity index (χ4n) is 6.04. The molecule has 2 amide bonds. The summed E-state index contributed by atoms with van der Waals surface area (Å²) in [4.78, 5) is 26.4. The van der Waals surface area contributed by atoms with Gasteiger partial charge in [0.1, 0.15) is 0 Å². The molecule has 9 heteroatoms. The summed E-state index contributed by atoms with van der Waals surface area (Å²) in [5.41, 5.74) is 3.69. The van der Waals surface area contributed by atoms with Crippen molar-refractivity contribution in [2.75, 3.05) is 14.1 Å². The van der Waals surface area contributed by atoms with Crippen LogP contribution in [0.2, 0.25) is 15.1 Å². The van der Waals surface area contributed by atoms with Gasteiger partial charge < -0.3 is 19.2 Å². The Hall–Kier alpha value is -4.40. The van der Waals surface area contributed by atoms with Gasteiger partial charge in [-0.15, -0.1) is 0 Å². The monoisotopic (exact) mass is 709 g/mol. The number of carbonyl (C=O) groups is 2. The van der Waals surface area contributed by atoms with Crippen LogP contribution >= 0.6 is 23.2 Å². The highest BCUT2D eigenvalue weighted by molar-refractivity contribution is 6.99. The smallest absolute Gasteiger partial charge is 0.261 e. The molecule has 0 aliphatic heterocycles. The lowest BCUT2D eigenvalue weighted by atomic mass is 10.1. The van der Waals surface area contributed by atoms with Gasteiger partial charge in [0.25, 0.3) is 14.2 Å². The Bertz CT molecular complexity index is 1890. The van der Waals surface area contributed by atoms with Crippen LogP contribution in [0.1, 0.15) is 48.0 Å². The predicted octanol–water partition coefficient (Wildman–Crippen LogP) is 7.89. The molecule has 0 unspecified atom stereocenters. The highest BCUT2D eigenvalue weighted by Gasteiger charge is 2.50. The Labute approximate surface area is 300 Å². The van der Waals surface area contributed by atoms with E-state index in [9.17, 15) is 9.59 Å². The van der Waals surface area contributed by atoms with Crippen LogP contribution in [0.4, 0.5) is 0 Å². The van der Waals surface area contributed by atoms with Gasteiger partial charge in [0.05, 0.1) is 23.9 Å². The third kappa shape index (κ3) is 7.92. The average molecular weight is 711 g/mol. The van der Waals surface area contributed by atoms with Gasteiger partial charge in [-0.2, -0.15) is 0 Å². The first kappa shape index (κ1) is 35.9. The Morgan fingerprint density at radius 2 is 1.45 bits per heavy atom. The van der Waals surface area contributed by atoms with Crippen LogP contribution in [0, 0.1) is 0 Å². The molecule has 0 saturated heterocycles. The van der Waals surface area contributed by atoms with E-state index < -0.39 is 8.32 Å². The van der Waals surface area contributed by atoms with E-state index in [4.69, 9.17) is 27.6 Å². The maximum atomic E-state index is 12.8. The second-order valence-electron chi connectivity index (χ2n) is 13.1. The van der Waals surface area contributed by atoms with Crippen molar-refractivity contribution in [3.8, 4) is 5.69 Å². The minimum atomic E-state index is -2.84. The van der Waals surface area contributed by atoms with Crippen molar-refractivity contribution in [2.45, 2.75) is 39.0 Å². The summed E-state index contributed by atoms with van der Waals surface area (Å²) in [6, 6.07) is 35.6. The van der Waals surface area contributed by atoms with Crippen LogP contribution < -0.4 is 15.7 Å². The Morgan fingerprint density at radius 1 is 0.837 bits per heavy atom. The molecule has 4 aromatic carbocycles. The zero-order valence-electron chi connectivity index (χ0n) is 28.4. The molecule has 0 atom stereocenters. The molecule has 0 spiro atoms. The van der Waals surface area contributed by atoms with E-state index in [1.807, 2.05) is 59.3 Å². The number of carbonyl (C=O) groups excluding carboxylic acids is 2. The molecule has 1 N–H and O–H groups in total. The van der Waals surface area contributed by atoms with Crippen molar-refractivity contribution < 1.29 is 14.0 Å². The molecule has 252 valence electrons. The largest absolute Gasteiger partial charge is 0.403 e. The first-order valence-electron chi connectivity index (χ1n) is 16.1. The molecule has 1 heterocycles. The van der Waals surface area contributed by atoms with Gasteiger partial charge >= 0.3 is 0 Å². The number of amides is 2. The highest BCUT2D eigenvalue weighted by Crippen LogP contribution is 2.39. The summed E-state index contributed by atoms with van der Waals surface area (Å²) >= 11 is 14.0. The molecule has 49 heavy (non-hydrogen) atoms. The number of nitrogens with one attached hydrogen (secondary N) is 1. The van der Waals surface area contributed by atoms with Gasteiger partial charge in [-0.05, 0) is 63.4 Å². The molecule has 0 saturated carbocycles. The number of halogens is 2. The summed E-state index contributed by atoms with van der Waals surface area (Å²) in [6.07, 6.45) is 5.11. The van der Waals surface area contributed by atoms with E-state index in [0.717, 1.165) is 16.9 Å². The lowest BCUT2D eigenvalue weighted by Crippen LogP contribution is -2.66. The first-order valence-corrected chi connectivity index (χ1v) is 18.7. The van der Waals surface area contributed by atoms with Crippen molar-refractivity contribution in [3.05, 3.63) is 154 Å². The maximum absolute atomic E-state index is 12.8. The molecule has 5 aromatic rings. The number of rotatable bonds is 11. The van der Waals surface area contributed by atoms with Crippen LogP contribution in [0.3, 0.4) is 0 Å². The quantitative estimate of drug-likeness (QED) is 0.112. The van der Waals surface area contributed by atoms with E-state index in [2.05, 4.69) is 74.6 Å². The van der Waals surface area contributed by atoms with E-state index in [-0.39, 0.29) is 30.0 Å². The summed E-state index contributed by atoms with van der Waals surface area (Å²) < 4.78 is 9.12. The van der Waals surface area contributed by atoms with Crippen molar-refractivity contribution >= 4 is 59.8 Å². The second-order valence-corrected chi connectivity index (χ2v) is 18.1. The summed E-state index contributed by atoms with van der Waals surface area (Å²) in [5, 5.41) is 6.11. The third-order valence-corrected chi connectivity index (χ3v) is 14.3. The number of aromatic nitrogens is 1. The molecular weight excluding hydrogens is 669 g/mol. The van der Waals surface area contributed by atoms with Gasteiger partial charge in [0.2, 0.25) is 5.91 Å². The predicted molar refractivity (Wildman–Crippen MR) is 204 cm³/mol. The molecule has 0 aliphatic rings. The minimum Gasteiger partial charge on any atom is -0.403 e. The summed E-state index contributed by atoms with van der Waals surface area (Å²) in [7, 11) is 0.585. The number of hydrogen-bond acceptors (Lipinski definition) is 3. The maximum Gasteiger partial charge on any atom is 0.261 e. The first-order chi connectivity index (χ1) is 23.4. The van der Waals surface area contributed by atoms with Gasteiger partial charge in [0.15, 0.2) is 0 Å². The zero-order valence-corrected chi connectivity index (χ0v) is 30.9. The normalized spacial score (nSPS) is 11.9. The Morgan fingerprint density at radius 3 is 2.02 bits per heavy atom. The number of nitrogens with zero attached hydrogens (tertiary/aromatic N) is 2. The van der Waals surface area contributed by atoms with Crippen molar-refractivity contribution in [2.24, 2.45) is 0 Å². The molecule has 0 aliphatic carbocycles. The Kier molecular flexibility index (Phi) is 11.3. The molecule has 1 aromatic heterocycles. The van der Waals surface area contributed by atoms with Gasteiger partial charge in [-0.3, -0.25) is 9.59 Å². The fraction of sp³-hybridized carbons (Fsp3) is 0.200. The standard InChI is InChI=1S/C40H41Cl2N3O3Si/c1-40(2,3)49(32-14-8-6-9-15-32,33-16-10-7-11-17-33)48-28-34-35(41)23-24-36(38(34)42)45-26-12-13-31(45)27-43-37(46)25-20-29-18-21-30(22-19-29)39(47)44(4)5/h6-26H,27-28H2,1-5H3,(H,43,46). The lowest BCUT2D eigenvalue weighted by Gasteiger charge is -2.43. The van der Waals surface area contributed by atoms with Crippen molar-refractivity contribution in [3.63, 3.8) is 0 Å². The zero-order chi connectivity index (χ0) is 35.2. The molecule has 6 nitrogen and oxygen atoms in total. The van der Waals surface area contributed by atoms with Crippen LogP contribution in [-0.2, 0) is 22.4 Å². The lowest BCUT2D eigenvalue weighted by molar-refractivity contribution is -0.116. The Balaban J connectivity index is 1.36. The fourth-order valence-corrected chi connectivity index (χ4v) is 11.1. The van der Waals surface area contributed by atoms with Gasteiger partial charge in [-0.1, -0.05) is 117 Å². The van der Waals surface area contributed by atoms with Crippen LogP contribution in [-0.4, -0.2) is 43.7 Å².